The summed E-state index contributed by atoms with van der Waals surface area (Å²) in [4.78, 5) is 3.52. The van der Waals surface area contributed by atoms with Gasteiger partial charge in [0.15, 0.2) is 23.3 Å². The lowest BCUT2D eigenvalue weighted by atomic mass is 10.4. The zero-order valence-corrected chi connectivity index (χ0v) is 10.3. The number of anilines is 2. The third-order valence-corrected chi connectivity index (χ3v) is 3.40. The number of aromatic nitrogens is 1. The van der Waals surface area contributed by atoms with Crippen LogP contribution < -0.4 is 21.3 Å². The van der Waals surface area contributed by atoms with Gasteiger partial charge >= 0.3 is 0 Å². The summed E-state index contributed by atoms with van der Waals surface area (Å²) in [6.45, 7) is -0.0806. The Bertz CT molecular complexity index is 522. The SMILES string of the molecule is CNS(=O)(=O)CCNc1nc(NN)c(F)cc1F. The summed E-state index contributed by atoms with van der Waals surface area (Å²) in [6, 6.07) is 0.594. The van der Waals surface area contributed by atoms with E-state index in [1.807, 2.05) is 5.43 Å². The summed E-state index contributed by atoms with van der Waals surface area (Å²) in [6.07, 6.45) is 0. The molecule has 0 aliphatic carbocycles. The molecule has 0 bridgehead atoms. The Labute approximate surface area is 103 Å². The minimum absolute atomic E-state index is 0.0806. The number of nitrogens with zero attached hydrogens (tertiary/aromatic N) is 1. The van der Waals surface area contributed by atoms with Crippen molar-refractivity contribution in [3.8, 4) is 0 Å². The number of hydrogen-bond donors (Lipinski definition) is 4. The predicted molar refractivity (Wildman–Crippen MR) is 63.3 cm³/mol. The molecule has 7 nitrogen and oxygen atoms in total. The maximum atomic E-state index is 13.3. The van der Waals surface area contributed by atoms with E-state index in [0.717, 1.165) is 0 Å². The van der Waals surface area contributed by atoms with Crippen molar-refractivity contribution >= 4 is 21.7 Å². The van der Waals surface area contributed by atoms with Crippen LogP contribution in [-0.4, -0.2) is 32.7 Å². The number of halogens is 2. The van der Waals surface area contributed by atoms with Crippen molar-refractivity contribution in [2.45, 2.75) is 0 Å². The number of nitrogens with two attached hydrogens (primary N) is 1. The highest BCUT2D eigenvalue weighted by atomic mass is 32.2. The summed E-state index contributed by atoms with van der Waals surface area (Å²) in [7, 11) is -2.14. The van der Waals surface area contributed by atoms with E-state index < -0.39 is 21.7 Å². The molecule has 0 fully saturated rings. The quantitative estimate of drug-likeness (QED) is 0.417. The molecule has 0 aliphatic rings. The van der Waals surface area contributed by atoms with E-state index in [-0.39, 0.29) is 23.9 Å². The van der Waals surface area contributed by atoms with E-state index in [1.165, 1.54) is 7.05 Å². The van der Waals surface area contributed by atoms with Gasteiger partial charge in [0.1, 0.15) is 0 Å². The molecule has 18 heavy (non-hydrogen) atoms. The van der Waals surface area contributed by atoms with E-state index in [1.54, 1.807) is 0 Å². The highest BCUT2D eigenvalue weighted by molar-refractivity contribution is 7.89. The fraction of sp³-hybridized carbons (Fsp3) is 0.375. The third-order valence-electron chi connectivity index (χ3n) is 2.04. The molecular formula is C8H13F2N5O2S. The van der Waals surface area contributed by atoms with Crippen LogP contribution in [0.3, 0.4) is 0 Å². The van der Waals surface area contributed by atoms with Crippen LogP contribution in [0.2, 0.25) is 0 Å². The van der Waals surface area contributed by atoms with E-state index >= 15 is 0 Å². The molecule has 0 saturated heterocycles. The number of hydrogen-bond acceptors (Lipinski definition) is 6. The first-order valence-corrected chi connectivity index (χ1v) is 6.52. The lowest BCUT2D eigenvalue weighted by Crippen LogP contribution is -2.26. The molecule has 1 aromatic heterocycles. The molecule has 10 heteroatoms. The number of pyridine rings is 1. The lowest BCUT2D eigenvalue weighted by molar-refractivity contribution is 0.577. The van der Waals surface area contributed by atoms with E-state index in [2.05, 4.69) is 15.0 Å². The van der Waals surface area contributed by atoms with Crippen LogP contribution in [0.5, 0.6) is 0 Å². The monoisotopic (exact) mass is 281 g/mol. The van der Waals surface area contributed by atoms with Gasteiger partial charge in [-0.2, -0.15) is 0 Å². The lowest BCUT2D eigenvalue weighted by Gasteiger charge is -2.09. The van der Waals surface area contributed by atoms with Crippen LogP contribution in [-0.2, 0) is 10.0 Å². The molecule has 0 atom stereocenters. The molecule has 0 amide bonds. The van der Waals surface area contributed by atoms with Gasteiger partial charge in [-0.05, 0) is 7.05 Å². The van der Waals surface area contributed by atoms with Gasteiger partial charge < -0.3 is 10.7 Å². The standard InChI is InChI=1S/C8H13F2N5O2S/c1-12-18(16,17)3-2-13-7-5(9)4-6(10)8(14-7)15-11/h4,12H,2-3,11H2,1H3,(H2,13,14,15). The Morgan fingerprint density at radius 3 is 2.50 bits per heavy atom. The zero-order valence-electron chi connectivity index (χ0n) is 9.50. The maximum Gasteiger partial charge on any atom is 0.213 e. The Kier molecular flexibility index (Phi) is 4.76. The highest BCUT2D eigenvalue weighted by Gasteiger charge is 2.12. The smallest absolute Gasteiger partial charge is 0.213 e. The molecule has 0 radical (unpaired) electrons. The summed E-state index contributed by atoms with van der Waals surface area (Å²) >= 11 is 0. The third kappa shape index (κ3) is 3.75. The molecule has 5 N–H and O–H groups in total. The molecule has 0 unspecified atom stereocenters. The topological polar surface area (TPSA) is 109 Å². The first kappa shape index (κ1) is 14.5. The first-order valence-electron chi connectivity index (χ1n) is 4.87. The molecule has 0 aliphatic heterocycles. The van der Waals surface area contributed by atoms with Gasteiger partial charge in [-0.25, -0.2) is 32.7 Å². The molecule has 1 aromatic rings. The van der Waals surface area contributed by atoms with Crippen LogP contribution in [0.15, 0.2) is 6.07 Å². The maximum absolute atomic E-state index is 13.3. The van der Waals surface area contributed by atoms with Gasteiger partial charge in [0.05, 0.1) is 5.75 Å². The Morgan fingerprint density at radius 1 is 1.33 bits per heavy atom. The Hall–Kier alpha value is -1.52. The predicted octanol–water partition coefficient (Wildman–Crippen LogP) is -0.393. The van der Waals surface area contributed by atoms with Crippen molar-refractivity contribution in [1.82, 2.24) is 9.71 Å². The molecule has 1 heterocycles. The van der Waals surface area contributed by atoms with E-state index in [9.17, 15) is 17.2 Å². The van der Waals surface area contributed by atoms with Gasteiger partial charge in [-0.1, -0.05) is 0 Å². The second kappa shape index (κ2) is 5.89. The molecule has 0 saturated carbocycles. The van der Waals surface area contributed by atoms with Crippen LogP contribution >= 0.6 is 0 Å². The van der Waals surface area contributed by atoms with Crippen LogP contribution in [0, 0.1) is 11.6 Å². The van der Waals surface area contributed by atoms with Crippen molar-refractivity contribution in [2.24, 2.45) is 5.84 Å². The van der Waals surface area contributed by atoms with E-state index in [4.69, 9.17) is 5.84 Å². The van der Waals surface area contributed by atoms with Crippen LogP contribution in [0.4, 0.5) is 20.4 Å². The Balaban J connectivity index is 2.74. The second-order valence-electron chi connectivity index (χ2n) is 3.24. The summed E-state index contributed by atoms with van der Waals surface area (Å²) in [5, 5.41) is 2.44. The summed E-state index contributed by atoms with van der Waals surface area (Å²) in [5.74, 6) is 2.21. The number of hydrazine groups is 1. The molecule has 0 aromatic carbocycles. The normalized spacial score (nSPS) is 11.3. The minimum atomic E-state index is -3.40. The van der Waals surface area contributed by atoms with Crippen molar-refractivity contribution in [2.75, 3.05) is 30.1 Å². The highest BCUT2D eigenvalue weighted by Crippen LogP contribution is 2.17. The van der Waals surface area contributed by atoms with E-state index in [0.29, 0.717) is 6.07 Å². The first-order chi connectivity index (χ1) is 8.39. The molecule has 0 spiro atoms. The molecule has 102 valence electrons. The molecular weight excluding hydrogens is 268 g/mol. The fourth-order valence-corrected chi connectivity index (χ4v) is 1.67. The number of rotatable bonds is 6. The summed E-state index contributed by atoms with van der Waals surface area (Å²) < 4.78 is 50.6. The average Bonchev–Trinajstić information content (AvgIpc) is 2.32. The van der Waals surface area contributed by atoms with Crippen LogP contribution in [0.1, 0.15) is 0 Å². The van der Waals surface area contributed by atoms with Gasteiger partial charge in [0.2, 0.25) is 10.0 Å². The minimum Gasteiger partial charge on any atom is -0.366 e. The summed E-state index contributed by atoms with van der Waals surface area (Å²) in [5.41, 5.74) is 1.96. The average molecular weight is 281 g/mol. The van der Waals surface area contributed by atoms with Gasteiger partial charge in [-0.3, -0.25) is 0 Å². The largest absolute Gasteiger partial charge is 0.366 e. The number of nitrogens with one attached hydrogen (secondary N) is 3. The van der Waals surface area contributed by atoms with Gasteiger partial charge in [0, 0.05) is 12.6 Å². The second-order valence-corrected chi connectivity index (χ2v) is 5.29. The Morgan fingerprint density at radius 2 is 1.94 bits per heavy atom. The van der Waals surface area contributed by atoms with Crippen molar-refractivity contribution in [3.63, 3.8) is 0 Å². The van der Waals surface area contributed by atoms with Crippen LogP contribution in [0.25, 0.3) is 0 Å². The van der Waals surface area contributed by atoms with Gasteiger partial charge in [0.25, 0.3) is 0 Å². The fourth-order valence-electron chi connectivity index (χ4n) is 1.10. The number of nitrogen functional groups attached to an aromatic ring is 1. The van der Waals surface area contributed by atoms with Crippen molar-refractivity contribution < 1.29 is 17.2 Å². The zero-order chi connectivity index (χ0) is 13.8. The van der Waals surface area contributed by atoms with Crippen molar-refractivity contribution in [3.05, 3.63) is 17.7 Å². The van der Waals surface area contributed by atoms with Crippen molar-refractivity contribution in [1.29, 1.82) is 0 Å². The molecule has 1 rings (SSSR count). The van der Waals surface area contributed by atoms with Gasteiger partial charge in [-0.15, -0.1) is 0 Å². The number of sulfonamides is 1.